The Morgan fingerprint density at radius 1 is 1.29 bits per heavy atom. The minimum absolute atomic E-state index is 0.234. The molecule has 17 heavy (non-hydrogen) atoms. The minimum Gasteiger partial charge on any atom is -0.250 e. The molecule has 0 atom stereocenters. The maximum atomic E-state index is 12.9. The monoisotopic (exact) mass is 244 g/mol. The molecular formula is C13H9FN2S. The predicted molar refractivity (Wildman–Crippen MR) is 64.9 cm³/mol. The SMILES string of the molecule is N#Cc1ccnc(SCc2cccc(F)c2)c1. The Bertz CT molecular complexity index is 563. The maximum Gasteiger partial charge on any atom is 0.123 e. The van der Waals surface area contributed by atoms with Gasteiger partial charge in [-0.2, -0.15) is 5.26 Å². The highest BCUT2D eigenvalue weighted by Crippen LogP contribution is 2.21. The molecule has 0 aliphatic rings. The number of rotatable bonds is 3. The molecule has 0 unspecified atom stereocenters. The molecule has 1 aromatic heterocycles. The normalized spacial score (nSPS) is 9.88. The summed E-state index contributed by atoms with van der Waals surface area (Å²) in [6, 6.07) is 11.9. The predicted octanol–water partition coefficient (Wildman–Crippen LogP) is 3.38. The number of thioether (sulfide) groups is 1. The van der Waals surface area contributed by atoms with E-state index in [0.29, 0.717) is 11.3 Å². The molecule has 0 saturated carbocycles. The first-order valence-corrected chi connectivity index (χ1v) is 6.00. The number of nitrogens with zero attached hydrogens (tertiary/aromatic N) is 2. The van der Waals surface area contributed by atoms with E-state index in [1.165, 1.54) is 23.9 Å². The summed E-state index contributed by atoms with van der Waals surface area (Å²) in [6.45, 7) is 0. The molecule has 0 bridgehead atoms. The van der Waals surface area contributed by atoms with Crippen LogP contribution in [-0.4, -0.2) is 4.98 Å². The van der Waals surface area contributed by atoms with E-state index in [0.717, 1.165) is 10.6 Å². The van der Waals surface area contributed by atoms with Crippen molar-refractivity contribution in [3.05, 3.63) is 59.5 Å². The van der Waals surface area contributed by atoms with Crippen LogP contribution in [-0.2, 0) is 5.75 Å². The zero-order valence-corrected chi connectivity index (χ0v) is 9.75. The number of pyridine rings is 1. The van der Waals surface area contributed by atoms with Crippen molar-refractivity contribution in [3.8, 4) is 6.07 Å². The van der Waals surface area contributed by atoms with Gasteiger partial charge in [0.05, 0.1) is 16.7 Å². The quantitative estimate of drug-likeness (QED) is 0.776. The Kier molecular flexibility index (Phi) is 3.73. The number of halogens is 1. The second kappa shape index (κ2) is 5.46. The van der Waals surface area contributed by atoms with E-state index in [-0.39, 0.29) is 5.82 Å². The van der Waals surface area contributed by atoms with Crippen LogP contribution in [0.4, 0.5) is 4.39 Å². The van der Waals surface area contributed by atoms with Gasteiger partial charge in [0.1, 0.15) is 5.82 Å². The molecule has 1 aromatic carbocycles. The highest BCUT2D eigenvalue weighted by atomic mass is 32.2. The van der Waals surface area contributed by atoms with E-state index in [4.69, 9.17) is 5.26 Å². The van der Waals surface area contributed by atoms with Gasteiger partial charge in [-0.3, -0.25) is 0 Å². The molecule has 0 spiro atoms. The molecule has 0 aliphatic carbocycles. The molecule has 0 saturated heterocycles. The van der Waals surface area contributed by atoms with Gasteiger partial charge >= 0.3 is 0 Å². The van der Waals surface area contributed by atoms with Gasteiger partial charge in [-0.25, -0.2) is 9.37 Å². The standard InChI is InChI=1S/C13H9FN2S/c14-12-3-1-2-11(6-12)9-17-13-7-10(8-15)4-5-16-13/h1-7H,9H2. The van der Waals surface area contributed by atoms with Crippen molar-refractivity contribution in [2.24, 2.45) is 0 Å². The van der Waals surface area contributed by atoms with Gasteiger partial charge in [0.25, 0.3) is 0 Å². The lowest BCUT2D eigenvalue weighted by molar-refractivity contribution is 0.626. The lowest BCUT2D eigenvalue weighted by Gasteiger charge is -2.01. The Morgan fingerprint density at radius 3 is 2.94 bits per heavy atom. The van der Waals surface area contributed by atoms with Crippen LogP contribution in [0.15, 0.2) is 47.6 Å². The number of aromatic nitrogens is 1. The van der Waals surface area contributed by atoms with Gasteiger partial charge in [0, 0.05) is 11.9 Å². The van der Waals surface area contributed by atoms with Gasteiger partial charge in [-0.1, -0.05) is 12.1 Å². The number of hydrogen-bond donors (Lipinski definition) is 0. The van der Waals surface area contributed by atoms with Crippen LogP contribution in [0.3, 0.4) is 0 Å². The largest absolute Gasteiger partial charge is 0.250 e. The second-order valence-corrected chi connectivity index (χ2v) is 4.41. The van der Waals surface area contributed by atoms with Crippen LogP contribution in [0, 0.1) is 17.1 Å². The zero-order valence-electron chi connectivity index (χ0n) is 8.93. The van der Waals surface area contributed by atoms with Crippen LogP contribution in [0.5, 0.6) is 0 Å². The summed E-state index contributed by atoms with van der Waals surface area (Å²) in [7, 11) is 0. The summed E-state index contributed by atoms with van der Waals surface area (Å²) in [5.41, 5.74) is 1.49. The molecule has 2 rings (SSSR count). The maximum absolute atomic E-state index is 12.9. The number of nitriles is 1. The van der Waals surface area contributed by atoms with Crippen LogP contribution >= 0.6 is 11.8 Å². The van der Waals surface area contributed by atoms with Gasteiger partial charge < -0.3 is 0 Å². The number of hydrogen-bond acceptors (Lipinski definition) is 3. The molecule has 84 valence electrons. The van der Waals surface area contributed by atoms with Gasteiger partial charge in [0.15, 0.2) is 0 Å². The first kappa shape index (κ1) is 11.6. The fraction of sp³-hybridized carbons (Fsp3) is 0.0769. The fourth-order valence-electron chi connectivity index (χ4n) is 1.34. The third-order valence-corrected chi connectivity index (χ3v) is 3.14. The summed E-state index contributed by atoms with van der Waals surface area (Å²) in [6.07, 6.45) is 1.60. The van der Waals surface area contributed by atoms with Crippen molar-refractivity contribution in [2.75, 3.05) is 0 Å². The Balaban J connectivity index is 2.05. The molecular weight excluding hydrogens is 235 g/mol. The highest BCUT2D eigenvalue weighted by Gasteiger charge is 2.00. The molecule has 2 aromatic rings. The van der Waals surface area contributed by atoms with Crippen molar-refractivity contribution in [3.63, 3.8) is 0 Å². The third kappa shape index (κ3) is 3.30. The van der Waals surface area contributed by atoms with Crippen LogP contribution in [0.2, 0.25) is 0 Å². The van der Waals surface area contributed by atoms with Gasteiger partial charge in [0.2, 0.25) is 0 Å². The van der Waals surface area contributed by atoms with Crippen LogP contribution in [0.25, 0.3) is 0 Å². The van der Waals surface area contributed by atoms with E-state index in [1.807, 2.05) is 6.07 Å². The Hall–Kier alpha value is -1.86. The summed E-state index contributed by atoms with van der Waals surface area (Å²) in [5.74, 6) is 0.404. The van der Waals surface area contributed by atoms with E-state index in [2.05, 4.69) is 11.1 Å². The van der Waals surface area contributed by atoms with Crippen molar-refractivity contribution >= 4 is 11.8 Å². The lowest BCUT2D eigenvalue weighted by atomic mass is 10.2. The Labute approximate surface area is 103 Å². The lowest BCUT2D eigenvalue weighted by Crippen LogP contribution is -1.85. The zero-order chi connectivity index (χ0) is 12.1. The fourth-order valence-corrected chi connectivity index (χ4v) is 2.18. The van der Waals surface area contributed by atoms with E-state index in [9.17, 15) is 4.39 Å². The smallest absolute Gasteiger partial charge is 0.123 e. The van der Waals surface area contributed by atoms with E-state index >= 15 is 0 Å². The molecule has 0 radical (unpaired) electrons. The molecule has 0 amide bonds. The molecule has 2 nitrogen and oxygen atoms in total. The van der Waals surface area contributed by atoms with Crippen molar-refractivity contribution in [1.29, 1.82) is 5.26 Å². The van der Waals surface area contributed by atoms with Crippen LogP contribution in [0.1, 0.15) is 11.1 Å². The average Bonchev–Trinajstić information content (AvgIpc) is 2.37. The molecule has 1 heterocycles. The summed E-state index contributed by atoms with van der Waals surface area (Å²) in [4.78, 5) is 4.14. The Morgan fingerprint density at radius 2 is 2.18 bits per heavy atom. The van der Waals surface area contributed by atoms with Crippen molar-refractivity contribution in [2.45, 2.75) is 10.8 Å². The summed E-state index contributed by atoms with van der Waals surface area (Å²) < 4.78 is 12.9. The molecule has 4 heteroatoms. The molecule has 0 fully saturated rings. The first-order chi connectivity index (χ1) is 8.28. The number of benzene rings is 1. The minimum atomic E-state index is -0.234. The van der Waals surface area contributed by atoms with Gasteiger partial charge in [-0.05, 0) is 29.8 Å². The van der Waals surface area contributed by atoms with E-state index in [1.54, 1.807) is 24.4 Å². The average molecular weight is 244 g/mol. The molecule has 0 N–H and O–H groups in total. The highest BCUT2D eigenvalue weighted by molar-refractivity contribution is 7.98. The van der Waals surface area contributed by atoms with Crippen molar-refractivity contribution < 1.29 is 4.39 Å². The van der Waals surface area contributed by atoms with Gasteiger partial charge in [-0.15, -0.1) is 11.8 Å². The van der Waals surface area contributed by atoms with Crippen molar-refractivity contribution in [1.82, 2.24) is 4.98 Å². The van der Waals surface area contributed by atoms with Crippen LogP contribution < -0.4 is 0 Å². The second-order valence-electron chi connectivity index (χ2n) is 3.41. The topological polar surface area (TPSA) is 36.7 Å². The molecule has 0 aliphatic heterocycles. The summed E-state index contributed by atoms with van der Waals surface area (Å²) in [5, 5.41) is 9.52. The first-order valence-electron chi connectivity index (χ1n) is 5.01. The third-order valence-electron chi connectivity index (χ3n) is 2.14. The summed E-state index contributed by atoms with van der Waals surface area (Å²) >= 11 is 1.48. The van der Waals surface area contributed by atoms with E-state index < -0.39 is 0 Å².